The van der Waals surface area contributed by atoms with Crippen molar-refractivity contribution in [3.63, 3.8) is 0 Å². The summed E-state index contributed by atoms with van der Waals surface area (Å²) in [6.45, 7) is 1.04. The highest BCUT2D eigenvalue weighted by Gasteiger charge is 2.58. The number of morpholine rings is 1. The summed E-state index contributed by atoms with van der Waals surface area (Å²) in [6, 6.07) is 0. The topological polar surface area (TPSA) is 38.3 Å². The van der Waals surface area contributed by atoms with Crippen LogP contribution in [0.3, 0.4) is 0 Å². The maximum atomic E-state index is 11.6. The SMILES string of the molecule is O=C1COCC2(N1)[C@H]1C[C@H]3C[C@H](C1)C[C@H]2C3. The lowest BCUT2D eigenvalue weighted by Crippen LogP contribution is -2.70. The molecule has 0 radical (unpaired) electrons. The summed E-state index contributed by atoms with van der Waals surface area (Å²) in [5.41, 5.74) is 0.0305. The molecule has 0 aromatic rings. The van der Waals surface area contributed by atoms with E-state index < -0.39 is 0 Å². The Morgan fingerprint density at radius 2 is 1.69 bits per heavy atom. The van der Waals surface area contributed by atoms with Crippen LogP contribution < -0.4 is 5.32 Å². The summed E-state index contributed by atoms with van der Waals surface area (Å²) >= 11 is 0. The molecule has 0 atom stereocenters. The van der Waals surface area contributed by atoms with E-state index in [2.05, 4.69) is 5.32 Å². The smallest absolute Gasteiger partial charge is 0.246 e. The van der Waals surface area contributed by atoms with Crippen LogP contribution in [-0.2, 0) is 9.53 Å². The number of ether oxygens (including phenoxy) is 1. The highest BCUT2D eigenvalue weighted by molar-refractivity contribution is 5.79. The average Bonchev–Trinajstić information content (AvgIpc) is 2.25. The predicted molar refractivity (Wildman–Crippen MR) is 58.7 cm³/mol. The van der Waals surface area contributed by atoms with Gasteiger partial charge in [0.25, 0.3) is 0 Å². The van der Waals surface area contributed by atoms with Gasteiger partial charge in [0.05, 0.1) is 12.1 Å². The largest absolute Gasteiger partial charge is 0.369 e. The molecular weight excluding hydrogens is 202 g/mol. The molecule has 4 bridgehead atoms. The minimum Gasteiger partial charge on any atom is -0.369 e. The molecule has 1 heterocycles. The van der Waals surface area contributed by atoms with Crippen molar-refractivity contribution in [2.45, 2.75) is 37.6 Å². The van der Waals surface area contributed by atoms with Crippen molar-refractivity contribution in [2.75, 3.05) is 13.2 Å². The number of hydrogen-bond acceptors (Lipinski definition) is 2. The molecule has 1 spiro atoms. The fourth-order valence-electron chi connectivity index (χ4n) is 5.11. The molecule has 3 heteroatoms. The lowest BCUT2D eigenvalue weighted by molar-refractivity contribution is -0.158. The zero-order valence-electron chi connectivity index (χ0n) is 9.58. The number of carbonyl (C=O) groups excluding carboxylic acids is 1. The Kier molecular flexibility index (Phi) is 1.78. The normalized spacial score (nSPS) is 54.4. The van der Waals surface area contributed by atoms with Crippen LogP contribution in [0.25, 0.3) is 0 Å². The number of hydrogen-bond donors (Lipinski definition) is 1. The van der Waals surface area contributed by atoms with Crippen molar-refractivity contribution in [3.05, 3.63) is 0 Å². The van der Waals surface area contributed by atoms with Crippen molar-refractivity contribution in [3.8, 4) is 0 Å². The third-order valence-corrected chi connectivity index (χ3v) is 5.54. The molecule has 1 N–H and O–H groups in total. The van der Waals surface area contributed by atoms with Crippen LogP contribution in [0.1, 0.15) is 32.1 Å². The highest BCUT2D eigenvalue weighted by Crippen LogP contribution is 2.58. The van der Waals surface area contributed by atoms with Gasteiger partial charge < -0.3 is 10.1 Å². The minimum atomic E-state index is 0.0305. The Balaban J connectivity index is 1.70. The number of amides is 1. The number of rotatable bonds is 0. The first-order valence-electron chi connectivity index (χ1n) is 6.65. The van der Waals surface area contributed by atoms with E-state index in [9.17, 15) is 4.79 Å². The van der Waals surface area contributed by atoms with Gasteiger partial charge in [-0.3, -0.25) is 4.79 Å². The van der Waals surface area contributed by atoms with Gasteiger partial charge in [-0.1, -0.05) is 0 Å². The second-order valence-electron chi connectivity index (χ2n) is 6.39. The first kappa shape index (κ1) is 9.46. The van der Waals surface area contributed by atoms with Gasteiger partial charge in [0.15, 0.2) is 0 Å². The Bertz CT molecular complexity index is 311. The Morgan fingerprint density at radius 3 is 2.25 bits per heavy atom. The molecule has 0 unspecified atom stereocenters. The van der Waals surface area contributed by atoms with Gasteiger partial charge in [0.1, 0.15) is 6.61 Å². The Labute approximate surface area is 95.9 Å². The van der Waals surface area contributed by atoms with E-state index in [0.717, 1.165) is 18.4 Å². The van der Waals surface area contributed by atoms with E-state index in [0.29, 0.717) is 11.8 Å². The van der Waals surface area contributed by atoms with Crippen molar-refractivity contribution in [1.82, 2.24) is 5.32 Å². The molecule has 4 saturated carbocycles. The molecule has 1 saturated heterocycles. The molecular formula is C13H19NO2. The summed E-state index contributed by atoms with van der Waals surface area (Å²) in [7, 11) is 0. The summed E-state index contributed by atoms with van der Waals surface area (Å²) in [6.07, 6.45) is 6.78. The molecule has 88 valence electrons. The molecule has 5 aliphatic rings. The zero-order chi connectivity index (χ0) is 10.8. The Hall–Kier alpha value is -0.570. The van der Waals surface area contributed by atoms with Crippen molar-refractivity contribution in [2.24, 2.45) is 23.7 Å². The van der Waals surface area contributed by atoms with Crippen molar-refractivity contribution < 1.29 is 9.53 Å². The van der Waals surface area contributed by atoms with Crippen molar-refractivity contribution in [1.29, 1.82) is 0 Å². The second kappa shape index (κ2) is 3.00. The molecule has 16 heavy (non-hydrogen) atoms. The number of nitrogens with one attached hydrogen (secondary N) is 1. The van der Waals surface area contributed by atoms with E-state index in [4.69, 9.17) is 4.74 Å². The molecule has 0 aromatic carbocycles. The van der Waals surface area contributed by atoms with Crippen LogP contribution in [0.4, 0.5) is 0 Å². The van der Waals surface area contributed by atoms with Gasteiger partial charge in [-0.15, -0.1) is 0 Å². The second-order valence-corrected chi connectivity index (χ2v) is 6.39. The van der Waals surface area contributed by atoms with Crippen LogP contribution in [-0.4, -0.2) is 24.7 Å². The van der Waals surface area contributed by atoms with Gasteiger partial charge >= 0.3 is 0 Å². The molecule has 4 aliphatic carbocycles. The molecule has 3 nitrogen and oxygen atoms in total. The molecule has 5 fully saturated rings. The quantitative estimate of drug-likeness (QED) is 0.670. The lowest BCUT2D eigenvalue weighted by atomic mass is 9.48. The minimum absolute atomic E-state index is 0.0305. The van der Waals surface area contributed by atoms with Crippen LogP contribution in [0, 0.1) is 23.7 Å². The maximum Gasteiger partial charge on any atom is 0.246 e. The zero-order valence-corrected chi connectivity index (χ0v) is 9.58. The third-order valence-electron chi connectivity index (χ3n) is 5.54. The van der Waals surface area contributed by atoms with E-state index in [1.807, 2.05) is 0 Å². The van der Waals surface area contributed by atoms with Crippen LogP contribution in [0.15, 0.2) is 0 Å². The van der Waals surface area contributed by atoms with E-state index in [-0.39, 0.29) is 18.1 Å². The summed E-state index contributed by atoms with van der Waals surface area (Å²) in [5, 5.41) is 3.31. The third kappa shape index (κ3) is 1.10. The highest BCUT2D eigenvalue weighted by atomic mass is 16.5. The fraction of sp³-hybridized carbons (Fsp3) is 0.923. The number of carbonyl (C=O) groups is 1. The van der Waals surface area contributed by atoms with Gasteiger partial charge in [0, 0.05) is 0 Å². The van der Waals surface area contributed by atoms with Gasteiger partial charge in [-0.25, -0.2) is 0 Å². The van der Waals surface area contributed by atoms with Crippen LogP contribution in [0.5, 0.6) is 0 Å². The molecule has 5 rings (SSSR count). The summed E-state index contributed by atoms with van der Waals surface area (Å²) in [4.78, 5) is 11.6. The molecule has 0 aromatic heterocycles. The van der Waals surface area contributed by atoms with Crippen molar-refractivity contribution >= 4 is 5.91 Å². The average molecular weight is 221 g/mol. The van der Waals surface area contributed by atoms with Gasteiger partial charge in [-0.05, 0) is 55.8 Å². The predicted octanol–water partition coefficient (Wildman–Crippen LogP) is 1.33. The fourth-order valence-corrected chi connectivity index (χ4v) is 5.11. The Morgan fingerprint density at radius 1 is 1.06 bits per heavy atom. The van der Waals surface area contributed by atoms with Gasteiger partial charge in [-0.2, -0.15) is 0 Å². The van der Waals surface area contributed by atoms with Crippen LogP contribution in [0.2, 0.25) is 0 Å². The van der Waals surface area contributed by atoms with E-state index in [1.54, 1.807) is 0 Å². The monoisotopic (exact) mass is 221 g/mol. The van der Waals surface area contributed by atoms with E-state index in [1.165, 1.54) is 32.1 Å². The summed E-state index contributed by atoms with van der Waals surface area (Å²) < 4.78 is 5.55. The first-order chi connectivity index (χ1) is 7.76. The maximum absolute atomic E-state index is 11.6. The van der Waals surface area contributed by atoms with Crippen LogP contribution >= 0.6 is 0 Å². The summed E-state index contributed by atoms with van der Waals surface area (Å²) in [5.74, 6) is 3.42. The van der Waals surface area contributed by atoms with E-state index >= 15 is 0 Å². The lowest BCUT2D eigenvalue weighted by Gasteiger charge is -2.62. The molecule has 1 aliphatic heterocycles. The van der Waals surface area contributed by atoms with Gasteiger partial charge in [0.2, 0.25) is 5.91 Å². The standard InChI is InChI=1S/C13H19NO2/c15-12-6-16-7-13(14-12)10-2-8-1-9(4-10)5-11(13)3-8/h8-11H,1-7H2,(H,14,15)/t8-,9-,10-,11+,13?. The molecule has 1 amide bonds. The first-order valence-corrected chi connectivity index (χ1v) is 6.65.